The fourth-order valence-corrected chi connectivity index (χ4v) is 1.90. The third-order valence-electron chi connectivity index (χ3n) is 2.94. The quantitative estimate of drug-likeness (QED) is 0.919. The average molecular weight is 294 g/mol. The summed E-state index contributed by atoms with van der Waals surface area (Å²) in [6.45, 7) is 0.704. The third-order valence-corrected chi connectivity index (χ3v) is 3.23. The summed E-state index contributed by atoms with van der Waals surface area (Å²) in [4.78, 5) is 8.41. The van der Waals surface area contributed by atoms with Gasteiger partial charge in [0, 0.05) is 12.6 Å². The molecule has 20 heavy (non-hydrogen) atoms. The molecule has 6 heteroatoms. The topological polar surface area (TPSA) is 47.0 Å². The van der Waals surface area contributed by atoms with E-state index in [0.29, 0.717) is 24.2 Å². The lowest BCUT2D eigenvalue weighted by atomic mass is 10.3. The van der Waals surface area contributed by atoms with Crippen molar-refractivity contribution in [1.29, 1.82) is 0 Å². The molecule has 104 valence electrons. The van der Waals surface area contributed by atoms with Crippen LogP contribution in [0.1, 0.15) is 18.5 Å². The maximum atomic E-state index is 12.9. The monoisotopic (exact) mass is 293 g/mol. The molecule has 0 unspecified atom stereocenters. The number of benzene rings is 1. The smallest absolute Gasteiger partial charge is 0.237 e. The van der Waals surface area contributed by atoms with Crippen LogP contribution in [0.3, 0.4) is 0 Å². The number of hydrogen-bond acceptors (Lipinski definition) is 4. The largest absolute Gasteiger partial charge is 0.436 e. The highest BCUT2D eigenvalue weighted by Gasteiger charge is 2.20. The third kappa shape index (κ3) is 3.43. The van der Waals surface area contributed by atoms with Crippen LogP contribution < -0.4 is 10.1 Å². The van der Waals surface area contributed by atoms with Gasteiger partial charge in [-0.15, -0.1) is 0 Å². The average Bonchev–Trinajstić information content (AvgIpc) is 3.25. The highest BCUT2D eigenvalue weighted by molar-refractivity contribution is 6.32. The molecule has 0 saturated heterocycles. The molecule has 1 N–H and O–H groups in total. The maximum absolute atomic E-state index is 12.9. The van der Waals surface area contributed by atoms with E-state index in [4.69, 9.17) is 16.3 Å². The first-order chi connectivity index (χ1) is 9.70. The van der Waals surface area contributed by atoms with Gasteiger partial charge in [0.05, 0.1) is 23.1 Å². The van der Waals surface area contributed by atoms with Gasteiger partial charge in [-0.3, -0.25) is 4.98 Å². The predicted octanol–water partition coefficient (Wildman–Crippen LogP) is 3.31. The predicted molar refractivity (Wildman–Crippen MR) is 73.4 cm³/mol. The Morgan fingerprint density at radius 2 is 2.15 bits per heavy atom. The van der Waals surface area contributed by atoms with E-state index < -0.39 is 5.82 Å². The Bertz CT molecular complexity index is 602. The number of hydrogen-bond donors (Lipinski definition) is 1. The van der Waals surface area contributed by atoms with Crippen molar-refractivity contribution in [3.8, 4) is 11.6 Å². The summed E-state index contributed by atoms with van der Waals surface area (Å²) in [5.74, 6) is 0.273. The van der Waals surface area contributed by atoms with Crippen LogP contribution in [-0.4, -0.2) is 16.0 Å². The Balaban J connectivity index is 1.64. The van der Waals surface area contributed by atoms with Gasteiger partial charge in [-0.05, 0) is 31.0 Å². The van der Waals surface area contributed by atoms with Crippen molar-refractivity contribution in [3.63, 3.8) is 0 Å². The molecular formula is C14H13ClFN3O. The van der Waals surface area contributed by atoms with Crippen molar-refractivity contribution in [3.05, 3.63) is 47.1 Å². The van der Waals surface area contributed by atoms with Gasteiger partial charge in [0.1, 0.15) is 11.6 Å². The molecule has 1 aliphatic rings. The summed E-state index contributed by atoms with van der Waals surface area (Å²) in [5.41, 5.74) is 0.856. The normalized spacial score (nSPS) is 14.3. The standard InChI is InChI=1S/C14H13ClFN3O/c15-12-5-9(16)1-4-13(12)20-14-8-18-11(7-19-14)6-17-10-2-3-10/h1,4-5,7-8,10,17H,2-3,6H2. The minimum absolute atomic E-state index is 0.200. The van der Waals surface area contributed by atoms with E-state index >= 15 is 0 Å². The first-order valence-electron chi connectivity index (χ1n) is 6.38. The van der Waals surface area contributed by atoms with E-state index in [1.54, 1.807) is 6.20 Å². The first kappa shape index (κ1) is 13.3. The molecular weight excluding hydrogens is 281 g/mol. The van der Waals surface area contributed by atoms with Crippen molar-refractivity contribution in [2.45, 2.75) is 25.4 Å². The molecule has 0 spiro atoms. The molecule has 0 bridgehead atoms. The number of ether oxygens (including phenoxy) is 1. The molecule has 1 saturated carbocycles. The first-order valence-corrected chi connectivity index (χ1v) is 6.76. The maximum Gasteiger partial charge on any atom is 0.237 e. The van der Waals surface area contributed by atoms with E-state index in [1.165, 1.54) is 37.2 Å². The van der Waals surface area contributed by atoms with Gasteiger partial charge < -0.3 is 10.1 Å². The van der Waals surface area contributed by atoms with Crippen molar-refractivity contribution in [2.24, 2.45) is 0 Å². The van der Waals surface area contributed by atoms with Gasteiger partial charge in [-0.25, -0.2) is 9.37 Å². The molecule has 0 radical (unpaired) electrons. The molecule has 1 aliphatic carbocycles. The van der Waals surface area contributed by atoms with Crippen LogP contribution in [0.2, 0.25) is 5.02 Å². The molecule has 3 rings (SSSR count). The van der Waals surface area contributed by atoms with Crippen LogP contribution >= 0.6 is 11.6 Å². The molecule has 2 aromatic rings. The van der Waals surface area contributed by atoms with Crippen LogP contribution in [0.5, 0.6) is 11.6 Å². The van der Waals surface area contributed by atoms with Gasteiger partial charge in [0.2, 0.25) is 5.88 Å². The van der Waals surface area contributed by atoms with Gasteiger partial charge in [-0.2, -0.15) is 0 Å². The van der Waals surface area contributed by atoms with Crippen LogP contribution in [0, 0.1) is 5.82 Å². The summed E-state index contributed by atoms with van der Waals surface area (Å²) in [7, 11) is 0. The number of rotatable bonds is 5. The Morgan fingerprint density at radius 1 is 1.30 bits per heavy atom. The number of halogens is 2. The van der Waals surface area contributed by atoms with E-state index in [1.807, 2.05) is 0 Å². The summed E-state index contributed by atoms with van der Waals surface area (Å²) in [6.07, 6.45) is 5.65. The fourth-order valence-electron chi connectivity index (χ4n) is 1.69. The molecule has 0 atom stereocenters. The number of nitrogens with zero attached hydrogens (tertiary/aromatic N) is 2. The molecule has 4 nitrogen and oxygen atoms in total. The Kier molecular flexibility index (Phi) is 3.80. The van der Waals surface area contributed by atoms with E-state index in [2.05, 4.69) is 15.3 Å². The van der Waals surface area contributed by atoms with Crippen LogP contribution in [0.4, 0.5) is 4.39 Å². The van der Waals surface area contributed by atoms with Gasteiger partial charge in [0.15, 0.2) is 0 Å². The minimum Gasteiger partial charge on any atom is -0.436 e. The van der Waals surface area contributed by atoms with Crippen LogP contribution in [0.15, 0.2) is 30.6 Å². The molecule has 0 aliphatic heterocycles. The lowest BCUT2D eigenvalue weighted by Crippen LogP contribution is -2.16. The van der Waals surface area contributed by atoms with Gasteiger partial charge >= 0.3 is 0 Å². The Labute approximate surface area is 121 Å². The fraction of sp³-hybridized carbons (Fsp3) is 0.286. The van der Waals surface area contributed by atoms with Crippen molar-refractivity contribution >= 4 is 11.6 Å². The van der Waals surface area contributed by atoms with Crippen molar-refractivity contribution < 1.29 is 9.13 Å². The van der Waals surface area contributed by atoms with Crippen molar-refractivity contribution in [2.75, 3.05) is 0 Å². The Hall–Kier alpha value is -1.72. The molecule has 1 aromatic carbocycles. The highest BCUT2D eigenvalue weighted by Crippen LogP contribution is 2.28. The van der Waals surface area contributed by atoms with Crippen molar-refractivity contribution in [1.82, 2.24) is 15.3 Å². The lowest BCUT2D eigenvalue weighted by Gasteiger charge is -2.07. The highest BCUT2D eigenvalue weighted by atomic mass is 35.5. The summed E-state index contributed by atoms with van der Waals surface area (Å²) in [6, 6.07) is 4.56. The van der Waals surface area contributed by atoms with Gasteiger partial charge in [-0.1, -0.05) is 11.6 Å². The van der Waals surface area contributed by atoms with E-state index in [9.17, 15) is 4.39 Å². The zero-order chi connectivity index (χ0) is 13.9. The second-order valence-electron chi connectivity index (χ2n) is 4.68. The Morgan fingerprint density at radius 3 is 2.80 bits per heavy atom. The number of aromatic nitrogens is 2. The summed E-state index contributed by atoms with van der Waals surface area (Å²) >= 11 is 5.88. The van der Waals surface area contributed by atoms with E-state index in [-0.39, 0.29) is 5.02 Å². The summed E-state index contributed by atoms with van der Waals surface area (Å²) < 4.78 is 18.4. The van der Waals surface area contributed by atoms with E-state index in [0.717, 1.165) is 5.69 Å². The van der Waals surface area contributed by atoms with Crippen LogP contribution in [-0.2, 0) is 6.54 Å². The summed E-state index contributed by atoms with van der Waals surface area (Å²) in [5, 5.41) is 3.55. The zero-order valence-corrected chi connectivity index (χ0v) is 11.4. The number of nitrogens with one attached hydrogen (secondary N) is 1. The van der Waals surface area contributed by atoms with Gasteiger partial charge in [0.25, 0.3) is 0 Å². The second-order valence-corrected chi connectivity index (χ2v) is 5.09. The molecule has 0 amide bonds. The second kappa shape index (κ2) is 5.73. The molecule has 1 aromatic heterocycles. The zero-order valence-electron chi connectivity index (χ0n) is 10.6. The minimum atomic E-state index is -0.407. The molecule has 1 heterocycles. The molecule has 1 fully saturated rings. The lowest BCUT2D eigenvalue weighted by molar-refractivity contribution is 0.457. The SMILES string of the molecule is Fc1ccc(Oc2cnc(CNC3CC3)cn2)c(Cl)c1. The van der Waals surface area contributed by atoms with Crippen LogP contribution in [0.25, 0.3) is 0 Å².